The zero-order chi connectivity index (χ0) is 12.5. The van der Waals surface area contributed by atoms with Crippen LogP contribution in [0.5, 0.6) is 0 Å². The molecule has 6 nitrogen and oxygen atoms in total. The summed E-state index contributed by atoms with van der Waals surface area (Å²) in [4.78, 5) is 0. The number of hydrogen-bond acceptors (Lipinski definition) is 5. The quantitative estimate of drug-likeness (QED) is 0.402. The van der Waals surface area contributed by atoms with Gasteiger partial charge in [0.25, 0.3) is 0 Å². The fourth-order valence-corrected chi connectivity index (χ4v) is 0.862. The molecule has 0 saturated heterocycles. The van der Waals surface area contributed by atoms with Crippen LogP contribution in [0.25, 0.3) is 0 Å². The van der Waals surface area contributed by atoms with Crippen LogP contribution in [0.3, 0.4) is 0 Å². The number of likely N-dealkylation sites (N-methyl/N-ethyl adjacent to an activating group) is 1. The Morgan fingerprint density at radius 2 is 1.80 bits per heavy atom. The van der Waals surface area contributed by atoms with Crippen LogP contribution >= 0.6 is 0 Å². The van der Waals surface area contributed by atoms with Crippen molar-refractivity contribution in [2.24, 2.45) is 0 Å². The van der Waals surface area contributed by atoms with E-state index in [-0.39, 0.29) is 6.61 Å². The van der Waals surface area contributed by atoms with Crippen molar-refractivity contribution in [3.63, 3.8) is 0 Å². The van der Waals surface area contributed by atoms with E-state index in [0.717, 1.165) is 17.6 Å². The van der Waals surface area contributed by atoms with E-state index < -0.39 is 10.4 Å². The maximum Gasteiger partial charge on any atom is 0.217 e. The molecule has 0 spiro atoms. The summed E-state index contributed by atoms with van der Waals surface area (Å²) in [7, 11) is -0.209. The van der Waals surface area contributed by atoms with Gasteiger partial charge in [-0.25, -0.2) is 8.42 Å². The third-order valence-corrected chi connectivity index (χ3v) is 2.35. The van der Waals surface area contributed by atoms with Crippen LogP contribution in [0.4, 0.5) is 0 Å². The van der Waals surface area contributed by atoms with Gasteiger partial charge in [-0.1, -0.05) is 0 Å². The summed E-state index contributed by atoms with van der Waals surface area (Å²) < 4.78 is 32.9. The van der Waals surface area contributed by atoms with Crippen LogP contribution in [0.1, 0.15) is 13.8 Å². The third kappa shape index (κ3) is 16.5. The van der Waals surface area contributed by atoms with Crippen LogP contribution in [-0.4, -0.2) is 63.0 Å². The second-order valence-corrected chi connectivity index (χ2v) is 4.57. The predicted octanol–water partition coefficient (Wildman–Crippen LogP) is -0.442. The normalized spacial score (nSPS) is 11.9. The lowest BCUT2D eigenvalue weighted by Gasteiger charge is -2.26. The minimum absolute atomic E-state index is 0.0914. The maximum atomic E-state index is 9.45. The fraction of sp³-hybridized carbons (Fsp3) is 1.00. The molecule has 0 saturated carbocycles. The molecule has 0 aliphatic carbocycles. The van der Waals surface area contributed by atoms with Crippen molar-refractivity contribution in [3.05, 3.63) is 0 Å². The van der Waals surface area contributed by atoms with Crippen molar-refractivity contribution in [1.82, 2.24) is 0 Å². The van der Waals surface area contributed by atoms with Gasteiger partial charge in [-0.3, -0.25) is 4.18 Å². The first-order chi connectivity index (χ1) is 6.68. The first kappa shape index (κ1) is 17.2. The second-order valence-electron chi connectivity index (χ2n) is 3.51. The molecule has 0 radical (unpaired) electrons. The second kappa shape index (κ2) is 8.00. The standard InChI is InChI=1S/C6H16NO.C2H6O4S/c1-4-7(2,3)5-6-8;1-2-6-7(3,4)5/h8H,4-6H2,1-3H3;2H2,1H3,(H,3,4,5)/q+1;/p-1. The molecule has 0 aliphatic rings. The van der Waals surface area contributed by atoms with Gasteiger partial charge in [0.1, 0.15) is 6.54 Å². The number of rotatable bonds is 5. The van der Waals surface area contributed by atoms with E-state index in [1.54, 1.807) is 0 Å². The van der Waals surface area contributed by atoms with Crippen molar-refractivity contribution < 1.29 is 26.7 Å². The van der Waals surface area contributed by atoms with Crippen LogP contribution in [0.2, 0.25) is 0 Å². The molecule has 0 unspecified atom stereocenters. The van der Waals surface area contributed by atoms with E-state index in [9.17, 15) is 13.0 Å². The fourth-order valence-electron chi connectivity index (χ4n) is 0.573. The monoisotopic (exact) mass is 243 g/mol. The first-order valence-electron chi connectivity index (χ1n) is 4.71. The molecule has 0 aliphatic heterocycles. The van der Waals surface area contributed by atoms with E-state index in [0.29, 0.717) is 6.61 Å². The Kier molecular flexibility index (Phi) is 9.17. The molecule has 0 bridgehead atoms. The molecule has 0 heterocycles. The van der Waals surface area contributed by atoms with Crippen LogP contribution in [0, 0.1) is 0 Å². The van der Waals surface area contributed by atoms with Gasteiger partial charge in [-0.15, -0.1) is 0 Å². The Bertz CT molecular complexity index is 237. The summed E-state index contributed by atoms with van der Waals surface area (Å²) in [6, 6.07) is 0. The Hall–Kier alpha value is -0.210. The zero-order valence-corrected chi connectivity index (χ0v) is 10.6. The van der Waals surface area contributed by atoms with Crippen molar-refractivity contribution in [2.75, 3.05) is 40.4 Å². The summed E-state index contributed by atoms with van der Waals surface area (Å²) in [5, 5.41) is 8.52. The van der Waals surface area contributed by atoms with Gasteiger partial charge < -0.3 is 14.1 Å². The van der Waals surface area contributed by atoms with Gasteiger partial charge in [0, 0.05) is 0 Å². The molecule has 0 aromatic rings. The molecule has 0 rings (SSSR count). The Morgan fingerprint density at radius 3 is 1.87 bits per heavy atom. The van der Waals surface area contributed by atoms with Gasteiger partial charge in [0.05, 0.1) is 33.9 Å². The largest absolute Gasteiger partial charge is 0.726 e. The lowest BCUT2D eigenvalue weighted by atomic mass is 10.5. The van der Waals surface area contributed by atoms with Crippen LogP contribution in [-0.2, 0) is 14.6 Å². The topological polar surface area (TPSA) is 86.7 Å². The van der Waals surface area contributed by atoms with Crippen molar-refractivity contribution >= 4 is 10.4 Å². The smallest absolute Gasteiger partial charge is 0.217 e. The molecule has 1 N–H and O–H groups in total. The van der Waals surface area contributed by atoms with Gasteiger partial charge in [0.15, 0.2) is 0 Å². The third-order valence-electron chi connectivity index (χ3n) is 1.82. The number of quaternary nitrogens is 1. The summed E-state index contributed by atoms with van der Waals surface area (Å²) >= 11 is 0. The van der Waals surface area contributed by atoms with Crippen molar-refractivity contribution in [3.8, 4) is 0 Å². The Balaban J connectivity index is 0. The summed E-state index contributed by atoms with van der Waals surface area (Å²) in [6.45, 7) is 5.69. The number of hydrogen-bond donors (Lipinski definition) is 1. The van der Waals surface area contributed by atoms with E-state index in [1.165, 1.54) is 6.92 Å². The van der Waals surface area contributed by atoms with Gasteiger partial charge in [-0.05, 0) is 13.8 Å². The lowest BCUT2D eigenvalue weighted by Crippen LogP contribution is -2.41. The molecule has 0 fully saturated rings. The highest BCUT2D eigenvalue weighted by molar-refractivity contribution is 7.80. The van der Waals surface area contributed by atoms with E-state index in [4.69, 9.17) is 5.11 Å². The van der Waals surface area contributed by atoms with E-state index in [1.807, 2.05) is 0 Å². The highest BCUT2D eigenvalue weighted by atomic mass is 32.3. The molecule has 94 valence electrons. The molecular weight excluding hydrogens is 222 g/mol. The number of aliphatic hydroxyl groups is 1. The number of aliphatic hydroxyl groups excluding tert-OH is 1. The zero-order valence-electron chi connectivity index (χ0n) is 9.76. The van der Waals surface area contributed by atoms with Crippen LogP contribution < -0.4 is 0 Å². The molecule has 0 aromatic heterocycles. The minimum Gasteiger partial charge on any atom is -0.726 e. The molecule has 7 heteroatoms. The number of nitrogens with zero attached hydrogens (tertiary/aromatic N) is 1. The molecule has 0 amide bonds. The maximum absolute atomic E-state index is 9.45. The molecule has 0 atom stereocenters. The van der Waals surface area contributed by atoms with Crippen molar-refractivity contribution in [1.29, 1.82) is 0 Å². The van der Waals surface area contributed by atoms with Gasteiger partial charge in [0.2, 0.25) is 10.4 Å². The summed E-state index contributed by atoms with van der Waals surface area (Å²) in [5.74, 6) is 0. The van der Waals surface area contributed by atoms with Gasteiger partial charge in [-0.2, -0.15) is 0 Å². The molecule has 0 aromatic carbocycles. The average molecular weight is 243 g/mol. The Morgan fingerprint density at radius 1 is 1.33 bits per heavy atom. The summed E-state index contributed by atoms with van der Waals surface area (Å²) in [6.07, 6.45) is 0. The van der Waals surface area contributed by atoms with Crippen molar-refractivity contribution in [2.45, 2.75) is 13.8 Å². The predicted molar refractivity (Wildman–Crippen MR) is 55.9 cm³/mol. The Labute approximate surface area is 92.0 Å². The van der Waals surface area contributed by atoms with Gasteiger partial charge >= 0.3 is 0 Å². The lowest BCUT2D eigenvalue weighted by molar-refractivity contribution is -0.888. The SMILES string of the molecule is CCOS(=O)(=O)[O-].CC[N+](C)(C)CCO. The highest BCUT2D eigenvalue weighted by Gasteiger charge is 2.08. The van der Waals surface area contributed by atoms with E-state index >= 15 is 0 Å². The van der Waals surface area contributed by atoms with E-state index in [2.05, 4.69) is 25.2 Å². The minimum atomic E-state index is -4.42. The highest BCUT2D eigenvalue weighted by Crippen LogP contribution is 1.92. The first-order valence-corrected chi connectivity index (χ1v) is 6.05. The van der Waals surface area contributed by atoms with Crippen LogP contribution in [0.15, 0.2) is 0 Å². The molecule has 15 heavy (non-hydrogen) atoms. The molecular formula is C8H21NO5S. The average Bonchev–Trinajstić information content (AvgIpc) is 2.03. The summed E-state index contributed by atoms with van der Waals surface area (Å²) in [5.41, 5.74) is 0.